The van der Waals surface area contributed by atoms with Gasteiger partial charge < -0.3 is 5.32 Å². The number of hydrogen-bond donors (Lipinski definition) is 1. The van der Waals surface area contributed by atoms with Crippen LogP contribution in [0, 0.1) is 0 Å². The molecule has 0 heterocycles. The number of benzene rings is 1. The third-order valence-corrected chi connectivity index (χ3v) is 1.79. The average molecular weight is 217 g/mol. The number of carbonyl (C=O) groups is 1. The molecule has 0 atom stereocenters. The average Bonchev–Trinajstić information content (AvgIpc) is 2.17. The second-order valence-electron chi connectivity index (χ2n) is 2.94. The van der Waals surface area contributed by atoms with Crippen LogP contribution in [0.3, 0.4) is 0 Å². The van der Waals surface area contributed by atoms with Crippen molar-refractivity contribution in [2.75, 3.05) is 6.54 Å². The molecule has 0 bridgehead atoms. The highest BCUT2D eigenvalue weighted by Gasteiger charge is 2.30. The molecule has 0 fully saturated rings. The largest absolute Gasteiger partial charge is 0.416 e. The van der Waals surface area contributed by atoms with Crippen molar-refractivity contribution < 1.29 is 18.0 Å². The van der Waals surface area contributed by atoms with Gasteiger partial charge in [-0.25, -0.2) is 0 Å². The van der Waals surface area contributed by atoms with Gasteiger partial charge in [0, 0.05) is 12.1 Å². The maximum atomic E-state index is 12.3. The van der Waals surface area contributed by atoms with Crippen LogP contribution in [0.5, 0.6) is 0 Å². The van der Waals surface area contributed by atoms with E-state index in [1.165, 1.54) is 12.1 Å². The van der Waals surface area contributed by atoms with Gasteiger partial charge in [-0.3, -0.25) is 4.79 Å². The normalized spacial score (nSPS) is 11.2. The minimum absolute atomic E-state index is 0.0201. The lowest BCUT2D eigenvalue weighted by atomic mass is 10.1. The molecule has 1 rings (SSSR count). The quantitative estimate of drug-likeness (QED) is 0.810. The zero-order valence-corrected chi connectivity index (χ0v) is 8.06. The first-order chi connectivity index (χ1) is 6.95. The van der Waals surface area contributed by atoms with Gasteiger partial charge in [0.15, 0.2) is 0 Å². The summed E-state index contributed by atoms with van der Waals surface area (Å²) in [4.78, 5) is 11.2. The molecule has 0 spiro atoms. The monoisotopic (exact) mass is 217 g/mol. The number of rotatable bonds is 2. The number of amides is 1. The summed E-state index contributed by atoms with van der Waals surface area (Å²) in [6.45, 7) is 2.08. The van der Waals surface area contributed by atoms with Crippen molar-refractivity contribution in [1.82, 2.24) is 5.32 Å². The molecule has 0 radical (unpaired) electrons. The van der Waals surface area contributed by atoms with E-state index in [4.69, 9.17) is 0 Å². The molecule has 1 aromatic carbocycles. The van der Waals surface area contributed by atoms with Crippen LogP contribution in [0.1, 0.15) is 22.8 Å². The topological polar surface area (TPSA) is 29.1 Å². The Hall–Kier alpha value is -1.52. The fourth-order valence-corrected chi connectivity index (χ4v) is 1.10. The Morgan fingerprint density at radius 1 is 1.40 bits per heavy atom. The predicted molar refractivity (Wildman–Crippen MR) is 49.5 cm³/mol. The summed E-state index contributed by atoms with van der Waals surface area (Å²) in [5, 5.41) is 2.43. The highest BCUT2D eigenvalue weighted by molar-refractivity contribution is 5.94. The second-order valence-corrected chi connectivity index (χ2v) is 2.94. The Balaban J connectivity index is 2.98. The van der Waals surface area contributed by atoms with E-state index in [9.17, 15) is 18.0 Å². The number of hydrogen-bond acceptors (Lipinski definition) is 1. The first kappa shape index (κ1) is 11.6. The molecule has 0 aliphatic heterocycles. The van der Waals surface area contributed by atoms with Crippen molar-refractivity contribution >= 4 is 5.91 Å². The predicted octanol–water partition coefficient (Wildman–Crippen LogP) is 2.46. The smallest absolute Gasteiger partial charge is 0.352 e. The van der Waals surface area contributed by atoms with Gasteiger partial charge >= 0.3 is 6.18 Å². The molecule has 1 aromatic rings. The number of halogens is 3. The molecule has 0 saturated carbocycles. The Morgan fingerprint density at radius 3 is 2.60 bits per heavy atom. The Labute approximate surface area is 85.1 Å². The van der Waals surface area contributed by atoms with Crippen LogP contribution in [-0.2, 0) is 6.18 Å². The van der Waals surface area contributed by atoms with E-state index in [0.717, 1.165) is 12.1 Å². The second kappa shape index (κ2) is 4.33. The molecule has 0 aliphatic rings. The van der Waals surface area contributed by atoms with E-state index < -0.39 is 17.6 Å². The van der Waals surface area contributed by atoms with Crippen LogP contribution in [0.4, 0.5) is 13.2 Å². The van der Waals surface area contributed by atoms with Crippen molar-refractivity contribution in [1.29, 1.82) is 0 Å². The zero-order chi connectivity index (χ0) is 11.5. The SMILES string of the molecule is CCNC(=O)c1cccc(C(F)(F)F)c1. The summed E-state index contributed by atoms with van der Waals surface area (Å²) in [6.07, 6.45) is -4.41. The van der Waals surface area contributed by atoms with Crippen molar-refractivity contribution in [2.45, 2.75) is 13.1 Å². The molecule has 1 amide bonds. The number of carbonyl (C=O) groups excluding carboxylic acids is 1. The van der Waals surface area contributed by atoms with Crippen LogP contribution >= 0.6 is 0 Å². The maximum absolute atomic E-state index is 12.3. The summed E-state index contributed by atoms with van der Waals surface area (Å²) in [7, 11) is 0. The summed E-state index contributed by atoms with van der Waals surface area (Å²) in [5.41, 5.74) is -0.794. The van der Waals surface area contributed by atoms with Crippen molar-refractivity contribution in [3.8, 4) is 0 Å². The molecule has 1 N–H and O–H groups in total. The lowest BCUT2D eigenvalue weighted by Crippen LogP contribution is -2.23. The Kier molecular flexibility index (Phi) is 3.34. The van der Waals surface area contributed by atoms with Crippen LogP contribution in [0.2, 0.25) is 0 Å². The van der Waals surface area contributed by atoms with Crippen molar-refractivity contribution in [2.24, 2.45) is 0 Å². The maximum Gasteiger partial charge on any atom is 0.416 e. The molecular weight excluding hydrogens is 207 g/mol. The Morgan fingerprint density at radius 2 is 2.07 bits per heavy atom. The third-order valence-electron chi connectivity index (χ3n) is 1.79. The standard InChI is InChI=1S/C10H10F3NO/c1-2-14-9(15)7-4-3-5-8(6-7)10(11,12)13/h3-6H,2H2,1H3,(H,14,15). The van der Waals surface area contributed by atoms with Crippen LogP contribution in [0.15, 0.2) is 24.3 Å². The lowest BCUT2D eigenvalue weighted by molar-refractivity contribution is -0.137. The van der Waals surface area contributed by atoms with E-state index >= 15 is 0 Å². The summed E-state index contributed by atoms with van der Waals surface area (Å²) in [5.74, 6) is -0.497. The molecule has 5 heteroatoms. The van der Waals surface area contributed by atoms with Gasteiger partial charge in [0.2, 0.25) is 0 Å². The molecule has 2 nitrogen and oxygen atoms in total. The minimum atomic E-state index is -4.41. The van der Waals surface area contributed by atoms with Crippen LogP contribution < -0.4 is 5.32 Å². The number of nitrogens with one attached hydrogen (secondary N) is 1. The van der Waals surface area contributed by atoms with E-state index in [0.29, 0.717) is 6.54 Å². The minimum Gasteiger partial charge on any atom is -0.352 e. The molecular formula is C10H10F3NO. The molecule has 0 unspecified atom stereocenters. The molecule has 0 aliphatic carbocycles. The van der Waals surface area contributed by atoms with E-state index in [-0.39, 0.29) is 5.56 Å². The van der Waals surface area contributed by atoms with Gasteiger partial charge in [-0.05, 0) is 25.1 Å². The molecule has 15 heavy (non-hydrogen) atoms. The number of alkyl halides is 3. The molecule has 0 aromatic heterocycles. The van der Waals surface area contributed by atoms with E-state index in [1.807, 2.05) is 0 Å². The summed E-state index contributed by atoms with van der Waals surface area (Å²) in [6, 6.07) is 4.33. The van der Waals surface area contributed by atoms with E-state index in [1.54, 1.807) is 6.92 Å². The highest BCUT2D eigenvalue weighted by atomic mass is 19.4. The zero-order valence-electron chi connectivity index (χ0n) is 8.06. The fourth-order valence-electron chi connectivity index (χ4n) is 1.10. The molecule has 0 saturated heterocycles. The first-order valence-corrected chi connectivity index (χ1v) is 4.40. The van der Waals surface area contributed by atoms with Gasteiger partial charge in [-0.2, -0.15) is 13.2 Å². The van der Waals surface area contributed by atoms with Gasteiger partial charge in [0.1, 0.15) is 0 Å². The summed E-state index contributed by atoms with van der Waals surface area (Å²) >= 11 is 0. The fraction of sp³-hybridized carbons (Fsp3) is 0.300. The van der Waals surface area contributed by atoms with Crippen molar-refractivity contribution in [3.63, 3.8) is 0 Å². The van der Waals surface area contributed by atoms with Gasteiger partial charge in [0.25, 0.3) is 5.91 Å². The molecule has 82 valence electrons. The Bertz CT molecular complexity index is 360. The van der Waals surface area contributed by atoms with Gasteiger partial charge in [-0.15, -0.1) is 0 Å². The highest BCUT2D eigenvalue weighted by Crippen LogP contribution is 2.29. The summed E-state index contributed by atoms with van der Waals surface area (Å²) < 4.78 is 36.9. The first-order valence-electron chi connectivity index (χ1n) is 4.40. The van der Waals surface area contributed by atoms with Crippen LogP contribution in [0.25, 0.3) is 0 Å². The lowest BCUT2D eigenvalue weighted by Gasteiger charge is -2.08. The van der Waals surface area contributed by atoms with Gasteiger partial charge in [-0.1, -0.05) is 6.07 Å². The van der Waals surface area contributed by atoms with Gasteiger partial charge in [0.05, 0.1) is 5.56 Å². The third kappa shape index (κ3) is 2.97. The van der Waals surface area contributed by atoms with Crippen molar-refractivity contribution in [3.05, 3.63) is 35.4 Å². The van der Waals surface area contributed by atoms with Crippen LogP contribution in [-0.4, -0.2) is 12.5 Å². The van der Waals surface area contributed by atoms with E-state index in [2.05, 4.69) is 5.32 Å².